The van der Waals surface area contributed by atoms with E-state index in [4.69, 9.17) is 9.47 Å². The first-order chi connectivity index (χ1) is 9.01. The van der Waals surface area contributed by atoms with Gasteiger partial charge in [-0.3, -0.25) is 4.90 Å². The van der Waals surface area contributed by atoms with E-state index in [-0.39, 0.29) is 5.97 Å². The summed E-state index contributed by atoms with van der Waals surface area (Å²) in [6.07, 6.45) is 2.18. The number of likely N-dealkylation sites (N-methyl/N-ethyl adjacent to an activating group) is 1. The molecule has 1 rings (SSSR count). The van der Waals surface area contributed by atoms with Crippen molar-refractivity contribution in [3.8, 4) is 0 Å². The molecule has 0 heterocycles. The Kier molecular flexibility index (Phi) is 6.23. The van der Waals surface area contributed by atoms with E-state index in [9.17, 15) is 4.79 Å². The van der Waals surface area contributed by atoms with Crippen LogP contribution in [-0.2, 0) is 14.3 Å². The third kappa shape index (κ3) is 3.91. The molecule has 0 aliphatic heterocycles. The van der Waals surface area contributed by atoms with Crippen molar-refractivity contribution in [1.82, 2.24) is 10.2 Å². The van der Waals surface area contributed by atoms with Crippen LogP contribution in [-0.4, -0.2) is 63.4 Å². The summed E-state index contributed by atoms with van der Waals surface area (Å²) in [5, 5.41) is 3.23. The molecule has 1 N–H and O–H groups in total. The van der Waals surface area contributed by atoms with Crippen molar-refractivity contribution in [2.24, 2.45) is 5.92 Å². The van der Waals surface area contributed by atoms with Gasteiger partial charge in [-0.1, -0.05) is 0 Å². The lowest BCUT2D eigenvalue weighted by molar-refractivity contribution is -0.150. The molecule has 19 heavy (non-hydrogen) atoms. The van der Waals surface area contributed by atoms with E-state index >= 15 is 0 Å². The molecule has 1 aliphatic carbocycles. The number of ether oxygens (including phenoxy) is 2. The minimum Gasteiger partial charge on any atom is -0.468 e. The van der Waals surface area contributed by atoms with Crippen LogP contribution in [0.15, 0.2) is 0 Å². The molecule has 1 aliphatic rings. The molecule has 0 aromatic heterocycles. The van der Waals surface area contributed by atoms with Gasteiger partial charge in [-0.2, -0.15) is 0 Å². The van der Waals surface area contributed by atoms with Gasteiger partial charge in [-0.25, -0.2) is 4.79 Å². The fourth-order valence-electron chi connectivity index (χ4n) is 2.55. The summed E-state index contributed by atoms with van der Waals surface area (Å²) < 4.78 is 10.2. The van der Waals surface area contributed by atoms with Crippen LogP contribution in [0.3, 0.4) is 0 Å². The van der Waals surface area contributed by atoms with Crippen LogP contribution in [0.1, 0.15) is 26.7 Å². The maximum atomic E-state index is 12.2. The zero-order valence-electron chi connectivity index (χ0n) is 12.9. The Labute approximate surface area is 116 Å². The number of carbonyl (C=O) groups is 1. The Morgan fingerprint density at radius 1 is 1.42 bits per heavy atom. The van der Waals surface area contributed by atoms with E-state index in [2.05, 4.69) is 24.1 Å². The predicted octanol–water partition coefficient (Wildman–Crippen LogP) is 0.884. The van der Waals surface area contributed by atoms with Gasteiger partial charge in [0.2, 0.25) is 0 Å². The molecular formula is C14H28N2O3. The first-order valence-electron chi connectivity index (χ1n) is 7.02. The maximum Gasteiger partial charge on any atom is 0.327 e. The lowest BCUT2D eigenvalue weighted by Crippen LogP contribution is -2.61. The molecule has 1 atom stereocenters. The van der Waals surface area contributed by atoms with Crippen molar-refractivity contribution in [2.75, 3.05) is 41.0 Å². The minimum atomic E-state index is -0.577. The molecule has 112 valence electrons. The Hall–Kier alpha value is -0.650. The molecule has 0 bridgehead atoms. The number of rotatable bonds is 9. The zero-order chi connectivity index (χ0) is 14.5. The van der Waals surface area contributed by atoms with Gasteiger partial charge in [0.05, 0.1) is 13.7 Å². The highest BCUT2D eigenvalue weighted by atomic mass is 16.5. The third-order valence-corrected chi connectivity index (χ3v) is 4.04. The average molecular weight is 272 g/mol. The molecule has 1 fully saturated rings. The second-order valence-electron chi connectivity index (χ2n) is 5.54. The second kappa shape index (κ2) is 7.22. The van der Waals surface area contributed by atoms with E-state index in [1.54, 1.807) is 7.11 Å². The summed E-state index contributed by atoms with van der Waals surface area (Å²) in [7, 11) is 5.01. The smallest absolute Gasteiger partial charge is 0.327 e. The zero-order valence-corrected chi connectivity index (χ0v) is 12.9. The summed E-state index contributed by atoms with van der Waals surface area (Å²) in [4.78, 5) is 14.5. The number of methoxy groups -OCH3 is 2. The van der Waals surface area contributed by atoms with E-state index < -0.39 is 5.54 Å². The van der Waals surface area contributed by atoms with E-state index in [0.717, 1.165) is 19.4 Å². The van der Waals surface area contributed by atoms with Gasteiger partial charge in [0.15, 0.2) is 0 Å². The number of hydrogen-bond donors (Lipinski definition) is 1. The van der Waals surface area contributed by atoms with Gasteiger partial charge in [-0.15, -0.1) is 0 Å². The monoisotopic (exact) mass is 272 g/mol. The van der Waals surface area contributed by atoms with Crippen LogP contribution < -0.4 is 5.32 Å². The van der Waals surface area contributed by atoms with Gasteiger partial charge in [0.1, 0.15) is 5.54 Å². The van der Waals surface area contributed by atoms with E-state index in [1.807, 2.05) is 7.05 Å². The number of nitrogens with zero attached hydrogens (tertiary/aromatic N) is 1. The van der Waals surface area contributed by atoms with Gasteiger partial charge >= 0.3 is 5.97 Å². The van der Waals surface area contributed by atoms with Crippen LogP contribution in [0.4, 0.5) is 0 Å². The van der Waals surface area contributed by atoms with Crippen LogP contribution in [0.5, 0.6) is 0 Å². The highest BCUT2D eigenvalue weighted by molar-refractivity contribution is 5.82. The maximum absolute atomic E-state index is 12.2. The first-order valence-corrected chi connectivity index (χ1v) is 7.02. The second-order valence-corrected chi connectivity index (χ2v) is 5.54. The summed E-state index contributed by atoms with van der Waals surface area (Å²) in [5.74, 6) is 0.231. The van der Waals surface area contributed by atoms with Gasteiger partial charge in [0.25, 0.3) is 0 Å². The Morgan fingerprint density at radius 2 is 2.05 bits per heavy atom. The lowest BCUT2D eigenvalue weighted by Gasteiger charge is -2.38. The average Bonchev–Trinajstić information content (AvgIpc) is 3.23. The van der Waals surface area contributed by atoms with Crippen LogP contribution in [0, 0.1) is 5.92 Å². The molecule has 1 saturated carbocycles. The lowest BCUT2D eigenvalue weighted by atomic mass is 9.92. The highest BCUT2D eigenvalue weighted by Crippen LogP contribution is 2.41. The topological polar surface area (TPSA) is 50.8 Å². The molecule has 0 aromatic carbocycles. The van der Waals surface area contributed by atoms with Crippen molar-refractivity contribution in [3.63, 3.8) is 0 Å². The molecule has 0 saturated heterocycles. The van der Waals surface area contributed by atoms with Gasteiger partial charge < -0.3 is 14.8 Å². The van der Waals surface area contributed by atoms with Crippen molar-refractivity contribution < 1.29 is 14.3 Å². The van der Waals surface area contributed by atoms with Gasteiger partial charge in [-0.05, 0) is 39.7 Å². The number of esters is 1. The minimum absolute atomic E-state index is 0.152. The Morgan fingerprint density at radius 3 is 2.42 bits per heavy atom. The van der Waals surface area contributed by atoms with Crippen molar-refractivity contribution >= 4 is 5.97 Å². The summed E-state index contributed by atoms with van der Waals surface area (Å²) in [6, 6.07) is 0.367. The number of nitrogens with one attached hydrogen (secondary N) is 1. The van der Waals surface area contributed by atoms with Crippen LogP contribution in [0.2, 0.25) is 0 Å². The molecule has 0 aromatic rings. The molecule has 1 unspecified atom stereocenters. The summed E-state index contributed by atoms with van der Waals surface area (Å²) >= 11 is 0. The van der Waals surface area contributed by atoms with E-state index in [0.29, 0.717) is 25.1 Å². The predicted molar refractivity (Wildman–Crippen MR) is 75.1 cm³/mol. The molecule has 0 spiro atoms. The van der Waals surface area contributed by atoms with Crippen molar-refractivity contribution in [3.05, 3.63) is 0 Å². The first kappa shape index (κ1) is 16.4. The summed E-state index contributed by atoms with van der Waals surface area (Å²) in [6.45, 7) is 6.44. The standard InChI is InChI=1S/C14H28N2O3/c1-11(2)16(8-9-18-4)10-14(15-3,12-6-7-12)13(17)19-5/h11-12,15H,6-10H2,1-5H3. The molecular weight excluding hydrogens is 244 g/mol. The molecule has 5 nitrogen and oxygen atoms in total. The third-order valence-electron chi connectivity index (χ3n) is 4.04. The normalized spacial score (nSPS) is 18.7. The molecule has 0 radical (unpaired) electrons. The van der Waals surface area contributed by atoms with Gasteiger partial charge in [0, 0.05) is 26.2 Å². The quantitative estimate of drug-likeness (QED) is 0.632. The van der Waals surface area contributed by atoms with E-state index in [1.165, 1.54) is 7.11 Å². The fourth-order valence-corrected chi connectivity index (χ4v) is 2.55. The number of hydrogen-bond acceptors (Lipinski definition) is 5. The van der Waals surface area contributed by atoms with Crippen LogP contribution >= 0.6 is 0 Å². The fraction of sp³-hybridized carbons (Fsp3) is 0.929. The number of carbonyl (C=O) groups excluding carboxylic acids is 1. The summed E-state index contributed by atoms with van der Waals surface area (Å²) in [5.41, 5.74) is -0.577. The molecule has 5 heteroatoms. The van der Waals surface area contributed by atoms with Crippen molar-refractivity contribution in [2.45, 2.75) is 38.3 Å². The van der Waals surface area contributed by atoms with Crippen molar-refractivity contribution in [1.29, 1.82) is 0 Å². The Balaban J connectivity index is 2.82. The highest BCUT2D eigenvalue weighted by Gasteiger charge is 2.51. The van der Waals surface area contributed by atoms with Crippen LogP contribution in [0.25, 0.3) is 0 Å². The molecule has 0 amide bonds. The Bertz CT molecular complexity index is 292. The largest absolute Gasteiger partial charge is 0.468 e. The SMILES string of the molecule is CNC(CN(CCOC)C(C)C)(C(=O)OC)C1CC1.